The van der Waals surface area contributed by atoms with E-state index in [1.165, 1.54) is 5.56 Å². The summed E-state index contributed by atoms with van der Waals surface area (Å²) in [6, 6.07) is 12.5. The number of nitrogens with one attached hydrogen (secondary N) is 1. The molecule has 32 heavy (non-hydrogen) atoms. The molecule has 1 aromatic carbocycles. The molecule has 3 heterocycles. The number of rotatable bonds is 4. The van der Waals surface area contributed by atoms with Gasteiger partial charge in [0.1, 0.15) is 5.82 Å². The topological polar surface area (TPSA) is 73.8 Å². The Labute approximate surface area is 189 Å². The van der Waals surface area contributed by atoms with E-state index in [0.29, 0.717) is 31.5 Å². The Balaban J connectivity index is 1.33. The fourth-order valence-corrected chi connectivity index (χ4v) is 5.47. The van der Waals surface area contributed by atoms with E-state index in [4.69, 9.17) is 9.72 Å². The van der Waals surface area contributed by atoms with Gasteiger partial charge in [-0.25, -0.2) is 9.78 Å². The molecule has 2 amide bonds. The summed E-state index contributed by atoms with van der Waals surface area (Å²) in [6.45, 7) is 3.53. The number of carbonyl (C=O) groups excluding carboxylic acids is 1. The molecule has 2 aliphatic heterocycles. The van der Waals surface area contributed by atoms with Gasteiger partial charge >= 0.3 is 6.03 Å². The lowest BCUT2D eigenvalue weighted by atomic mass is 9.69. The van der Waals surface area contributed by atoms with Crippen LogP contribution in [0.15, 0.2) is 42.6 Å². The summed E-state index contributed by atoms with van der Waals surface area (Å²) >= 11 is 0. The second-order valence-corrected chi connectivity index (χ2v) is 9.40. The number of nitrogens with zero attached hydrogens (tertiary/aromatic N) is 5. The highest BCUT2D eigenvalue weighted by molar-refractivity contribution is 5.94. The molecule has 5 rings (SSSR count). The Hall–Kier alpha value is -2.71. The van der Waals surface area contributed by atoms with E-state index in [0.717, 1.165) is 38.8 Å². The predicted molar refractivity (Wildman–Crippen MR) is 124 cm³/mol. The fraction of sp³-hybridized carbons (Fsp3) is 0.542. The number of anilines is 2. The van der Waals surface area contributed by atoms with Gasteiger partial charge in [0, 0.05) is 24.8 Å². The molecule has 8 heteroatoms. The average molecular weight is 437 g/mol. The lowest BCUT2D eigenvalue weighted by Gasteiger charge is -2.48. The van der Waals surface area contributed by atoms with Crippen LogP contribution in [0.25, 0.3) is 0 Å². The molecule has 1 spiro atoms. The van der Waals surface area contributed by atoms with Crippen LogP contribution in [0.5, 0.6) is 0 Å². The zero-order valence-electron chi connectivity index (χ0n) is 19.0. The zero-order valence-corrected chi connectivity index (χ0v) is 19.0. The normalized spacial score (nSPS) is 28.4. The second-order valence-electron chi connectivity index (χ2n) is 9.40. The maximum atomic E-state index is 13.0. The number of carbonyl (C=O) groups is 1. The quantitative estimate of drug-likeness (QED) is 0.794. The lowest BCUT2D eigenvalue weighted by molar-refractivity contribution is 0.0657. The van der Waals surface area contributed by atoms with Crippen molar-refractivity contribution in [3.05, 3.63) is 48.2 Å². The van der Waals surface area contributed by atoms with Gasteiger partial charge in [-0.15, -0.1) is 0 Å². The van der Waals surface area contributed by atoms with Gasteiger partial charge in [-0.05, 0) is 51.4 Å². The number of hydrogen-bond donors (Lipinski definition) is 1. The van der Waals surface area contributed by atoms with Crippen molar-refractivity contribution in [2.45, 2.75) is 36.8 Å². The van der Waals surface area contributed by atoms with Crippen molar-refractivity contribution in [3.8, 4) is 0 Å². The molecular weight excluding hydrogens is 404 g/mol. The predicted octanol–water partition coefficient (Wildman–Crippen LogP) is 2.61. The monoisotopic (exact) mass is 436 g/mol. The minimum Gasteiger partial charge on any atom is -0.378 e. The minimum absolute atomic E-state index is 0.00305. The Morgan fingerprint density at radius 3 is 2.44 bits per heavy atom. The molecule has 0 radical (unpaired) electrons. The molecule has 1 aliphatic carbocycles. The third kappa shape index (κ3) is 3.71. The molecule has 2 saturated heterocycles. The maximum Gasteiger partial charge on any atom is 0.323 e. The highest BCUT2D eigenvalue weighted by Crippen LogP contribution is 2.46. The standard InChI is InChI=1S/C24H32N6O2/c1-28(2)24(19-6-4-3-5-7-19)11-9-23(10-12-24)18-30(22(31)27-23)20-8-13-25-21(26-20)29-14-16-32-17-15-29/h3-8,13H,9-12,14-18H2,1-2H3,(H,27,31). The molecule has 170 valence electrons. The van der Waals surface area contributed by atoms with Crippen LogP contribution in [-0.4, -0.2) is 73.4 Å². The van der Waals surface area contributed by atoms with Gasteiger partial charge in [0.15, 0.2) is 0 Å². The summed E-state index contributed by atoms with van der Waals surface area (Å²) in [6.07, 6.45) is 5.62. The molecule has 1 aromatic heterocycles. The molecule has 3 fully saturated rings. The van der Waals surface area contributed by atoms with Crippen molar-refractivity contribution in [3.63, 3.8) is 0 Å². The van der Waals surface area contributed by atoms with E-state index in [2.05, 4.69) is 64.5 Å². The third-order valence-corrected chi connectivity index (χ3v) is 7.48. The van der Waals surface area contributed by atoms with Crippen LogP contribution < -0.4 is 15.1 Å². The van der Waals surface area contributed by atoms with Crippen molar-refractivity contribution >= 4 is 17.8 Å². The summed E-state index contributed by atoms with van der Waals surface area (Å²) in [5, 5.41) is 3.32. The van der Waals surface area contributed by atoms with Crippen LogP contribution in [0, 0.1) is 0 Å². The summed E-state index contributed by atoms with van der Waals surface area (Å²) in [4.78, 5) is 28.4. The first kappa shape index (κ1) is 21.2. The Kier molecular flexibility index (Phi) is 5.51. The summed E-state index contributed by atoms with van der Waals surface area (Å²) in [5.41, 5.74) is 1.14. The van der Waals surface area contributed by atoms with Crippen LogP contribution in [0.2, 0.25) is 0 Å². The first-order valence-electron chi connectivity index (χ1n) is 11.5. The highest BCUT2D eigenvalue weighted by Gasteiger charge is 2.50. The summed E-state index contributed by atoms with van der Waals surface area (Å²) in [5.74, 6) is 1.34. The van der Waals surface area contributed by atoms with Crippen molar-refractivity contribution < 1.29 is 9.53 Å². The molecule has 2 aromatic rings. The van der Waals surface area contributed by atoms with Crippen LogP contribution in [-0.2, 0) is 10.3 Å². The number of morpholine rings is 1. The summed E-state index contributed by atoms with van der Waals surface area (Å²) < 4.78 is 5.43. The van der Waals surface area contributed by atoms with E-state index in [1.807, 2.05) is 6.07 Å². The number of ether oxygens (including phenoxy) is 1. The van der Waals surface area contributed by atoms with Gasteiger partial charge in [-0.1, -0.05) is 30.3 Å². The maximum absolute atomic E-state index is 13.0. The van der Waals surface area contributed by atoms with E-state index in [9.17, 15) is 4.79 Å². The van der Waals surface area contributed by atoms with Crippen LogP contribution in [0.3, 0.4) is 0 Å². The van der Waals surface area contributed by atoms with E-state index >= 15 is 0 Å². The first-order valence-corrected chi connectivity index (χ1v) is 11.5. The largest absolute Gasteiger partial charge is 0.378 e. The SMILES string of the molecule is CN(C)C1(c2ccccc2)CCC2(CC1)CN(c1ccnc(N3CCOCC3)n1)C(=O)N2. The highest BCUT2D eigenvalue weighted by atomic mass is 16.5. The van der Waals surface area contributed by atoms with Crippen molar-refractivity contribution in [2.24, 2.45) is 0 Å². The van der Waals surface area contributed by atoms with Gasteiger partial charge in [-0.2, -0.15) is 4.98 Å². The molecule has 1 saturated carbocycles. The van der Waals surface area contributed by atoms with Gasteiger partial charge < -0.3 is 15.0 Å². The van der Waals surface area contributed by atoms with Crippen molar-refractivity contribution in [2.75, 3.05) is 56.7 Å². The van der Waals surface area contributed by atoms with Crippen LogP contribution >= 0.6 is 0 Å². The molecule has 0 atom stereocenters. The number of amides is 2. The molecule has 0 bridgehead atoms. The number of aromatic nitrogens is 2. The van der Waals surface area contributed by atoms with E-state index in [-0.39, 0.29) is 17.1 Å². The Morgan fingerprint density at radius 2 is 1.75 bits per heavy atom. The van der Waals surface area contributed by atoms with Crippen molar-refractivity contribution in [1.29, 1.82) is 0 Å². The number of urea groups is 1. The zero-order chi connectivity index (χ0) is 22.2. The Bertz CT molecular complexity index is 952. The average Bonchev–Trinajstić information content (AvgIpc) is 3.16. The van der Waals surface area contributed by atoms with Gasteiger partial charge in [0.2, 0.25) is 5.95 Å². The second kappa shape index (κ2) is 8.33. The number of hydrogen-bond acceptors (Lipinski definition) is 6. The molecule has 8 nitrogen and oxygen atoms in total. The lowest BCUT2D eigenvalue weighted by Crippen LogP contribution is -2.54. The number of benzene rings is 1. The Morgan fingerprint density at radius 1 is 1.03 bits per heavy atom. The third-order valence-electron chi connectivity index (χ3n) is 7.48. The summed E-state index contributed by atoms with van der Waals surface area (Å²) in [7, 11) is 4.33. The molecule has 1 N–H and O–H groups in total. The molecule has 3 aliphatic rings. The van der Waals surface area contributed by atoms with E-state index in [1.54, 1.807) is 11.1 Å². The van der Waals surface area contributed by atoms with E-state index < -0.39 is 0 Å². The molecule has 0 unspecified atom stereocenters. The van der Waals surface area contributed by atoms with Crippen molar-refractivity contribution in [1.82, 2.24) is 20.2 Å². The van der Waals surface area contributed by atoms with Gasteiger partial charge in [0.25, 0.3) is 0 Å². The molecular formula is C24H32N6O2. The van der Waals surface area contributed by atoms with Gasteiger partial charge in [-0.3, -0.25) is 9.80 Å². The van der Waals surface area contributed by atoms with Crippen LogP contribution in [0.1, 0.15) is 31.2 Å². The smallest absolute Gasteiger partial charge is 0.323 e. The fourth-order valence-electron chi connectivity index (χ4n) is 5.47. The van der Waals surface area contributed by atoms with Crippen LogP contribution in [0.4, 0.5) is 16.6 Å². The van der Waals surface area contributed by atoms with Gasteiger partial charge in [0.05, 0.1) is 25.3 Å². The first-order chi connectivity index (χ1) is 15.5. The minimum atomic E-state index is -0.213.